The van der Waals surface area contributed by atoms with Gasteiger partial charge in [0.2, 0.25) is 5.91 Å². The number of amides is 1. The Morgan fingerprint density at radius 3 is 2.43 bits per heavy atom. The lowest BCUT2D eigenvalue weighted by Crippen LogP contribution is -2.36. The Morgan fingerprint density at radius 1 is 0.955 bits per heavy atom. The number of nitrogens with one attached hydrogen (secondary N) is 2. The SMILES string of the molecule is CCc1nc2ccc(NCCC(=O)NC3CCCCC3)nc2n1Cc1ccc(-c2ccccc2OC(=O)OC(C)(C)C)cc1. The lowest BCUT2D eigenvalue weighted by Gasteiger charge is -2.22. The molecule has 0 bridgehead atoms. The average molecular weight is 598 g/mol. The summed E-state index contributed by atoms with van der Waals surface area (Å²) in [7, 11) is 0. The second-order valence-electron chi connectivity index (χ2n) is 12.3. The van der Waals surface area contributed by atoms with Crippen molar-refractivity contribution < 1.29 is 19.1 Å². The van der Waals surface area contributed by atoms with Gasteiger partial charge in [-0.1, -0.05) is 68.7 Å². The number of anilines is 1. The molecule has 5 rings (SSSR count). The van der Waals surface area contributed by atoms with Crippen LogP contribution >= 0.6 is 0 Å². The minimum Gasteiger partial charge on any atom is -0.428 e. The molecule has 0 radical (unpaired) electrons. The average Bonchev–Trinajstić information content (AvgIpc) is 3.34. The lowest BCUT2D eigenvalue weighted by molar-refractivity contribution is -0.121. The van der Waals surface area contributed by atoms with Gasteiger partial charge in [0.25, 0.3) is 0 Å². The van der Waals surface area contributed by atoms with Crippen molar-refractivity contribution in [2.45, 2.75) is 90.8 Å². The van der Waals surface area contributed by atoms with Crippen molar-refractivity contribution in [3.63, 3.8) is 0 Å². The van der Waals surface area contributed by atoms with Crippen molar-refractivity contribution in [2.24, 2.45) is 0 Å². The molecule has 0 atom stereocenters. The smallest absolute Gasteiger partial charge is 0.428 e. The Balaban J connectivity index is 1.26. The van der Waals surface area contributed by atoms with Crippen LogP contribution in [0.3, 0.4) is 0 Å². The van der Waals surface area contributed by atoms with Gasteiger partial charge in [-0.15, -0.1) is 0 Å². The predicted octanol–water partition coefficient (Wildman–Crippen LogP) is 7.27. The maximum absolute atomic E-state index is 12.4. The van der Waals surface area contributed by atoms with Crippen molar-refractivity contribution >= 4 is 29.0 Å². The maximum atomic E-state index is 12.4. The first-order valence-electron chi connectivity index (χ1n) is 15.7. The first-order chi connectivity index (χ1) is 21.2. The molecule has 2 aromatic carbocycles. The van der Waals surface area contributed by atoms with Crippen LogP contribution in [0.25, 0.3) is 22.3 Å². The molecule has 2 heterocycles. The summed E-state index contributed by atoms with van der Waals surface area (Å²) < 4.78 is 13.0. The first-order valence-corrected chi connectivity index (χ1v) is 15.7. The van der Waals surface area contributed by atoms with Crippen LogP contribution in [-0.4, -0.2) is 44.8 Å². The first kappa shape index (κ1) is 31.0. The Hall–Kier alpha value is -4.40. The number of imidazole rings is 1. The second-order valence-corrected chi connectivity index (χ2v) is 12.3. The largest absolute Gasteiger partial charge is 0.514 e. The summed E-state index contributed by atoms with van der Waals surface area (Å²) in [5, 5.41) is 6.50. The molecule has 9 nitrogen and oxygen atoms in total. The number of fused-ring (bicyclic) bond motifs is 1. The predicted molar refractivity (Wildman–Crippen MR) is 173 cm³/mol. The van der Waals surface area contributed by atoms with E-state index in [2.05, 4.69) is 34.3 Å². The molecule has 1 amide bonds. The van der Waals surface area contributed by atoms with E-state index in [1.165, 1.54) is 19.3 Å². The van der Waals surface area contributed by atoms with E-state index < -0.39 is 11.8 Å². The summed E-state index contributed by atoms with van der Waals surface area (Å²) in [5.74, 6) is 2.21. The van der Waals surface area contributed by atoms with Crippen molar-refractivity contribution in [3.8, 4) is 16.9 Å². The topological polar surface area (TPSA) is 107 Å². The molecule has 4 aromatic rings. The number of hydrogen-bond acceptors (Lipinski definition) is 7. The molecule has 44 heavy (non-hydrogen) atoms. The van der Waals surface area contributed by atoms with Gasteiger partial charge in [0.05, 0.1) is 6.54 Å². The number of pyridine rings is 1. The van der Waals surface area contributed by atoms with Crippen LogP contribution in [0.2, 0.25) is 0 Å². The Labute approximate surface area is 259 Å². The molecule has 0 aliphatic heterocycles. The van der Waals surface area contributed by atoms with E-state index in [0.29, 0.717) is 31.3 Å². The van der Waals surface area contributed by atoms with Gasteiger partial charge in [0.15, 0.2) is 5.65 Å². The molecular formula is C35H43N5O4. The summed E-state index contributed by atoms with van der Waals surface area (Å²) in [5.41, 5.74) is 3.82. The van der Waals surface area contributed by atoms with Gasteiger partial charge in [-0.3, -0.25) is 4.79 Å². The van der Waals surface area contributed by atoms with Gasteiger partial charge >= 0.3 is 6.16 Å². The van der Waals surface area contributed by atoms with Crippen LogP contribution in [0, 0.1) is 0 Å². The number of carbonyl (C=O) groups is 2. The van der Waals surface area contributed by atoms with Gasteiger partial charge in [0.1, 0.15) is 28.5 Å². The third-order valence-electron chi connectivity index (χ3n) is 7.69. The molecule has 1 fully saturated rings. The molecule has 0 saturated heterocycles. The highest BCUT2D eigenvalue weighted by atomic mass is 16.7. The fourth-order valence-corrected chi connectivity index (χ4v) is 5.56. The number of hydrogen-bond donors (Lipinski definition) is 2. The van der Waals surface area contributed by atoms with E-state index >= 15 is 0 Å². The summed E-state index contributed by atoms with van der Waals surface area (Å²) >= 11 is 0. The van der Waals surface area contributed by atoms with E-state index in [1.807, 2.05) is 42.5 Å². The number of benzene rings is 2. The molecule has 1 aliphatic rings. The number of aryl methyl sites for hydroxylation is 1. The minimum absolute atomic E-state index is 0.0891. The maximum Gasteiger partial charge on any atom is 0.514 e. The normalized spacial score (nSPS) is 13.9. The second kappa shape index (κ2) is 13.9. The standard InChI is InChI=1S/C35H43N5O4/c1-5-31-38-28-19-20-30(36-22-21-32(41)37-26-11-7-6-8-12-26)39-33(28)40(31)23-24-15-17-25(18-16-24)27-13-9-10-14-29(27)43-34(42)44-35(2,3)4/h9-10,13-20,26H,5-8,11-12,21-23H2,1-4H3,(H,36,39)(H,37,41). The lowest BCUT2D eigenvalue weighted by atomic mass is 9.95. The van der Waals surface area contributed by atoms with Crippen LogP contribution in [0.5, 0.6) is 5.75 Å². The van der Waals surface area contributed by atoms with E-state index in [9.17, 15) is 9.59 Å². The third kappa shape index (κ3) is 8.15. The molecular weight excluding hydrogens is 554 g/mol. The van der Waals surface area contributed by atoms with Crippen LogP contribution in [0.15, 0.2) is 60.7 Å². The highest BCUT2D eigenvalue weighted by Crippen LogP contribution is 2.31. The fraction of sp³-hybridized carbons (Fsp3) is 0.429. The summed E-state index contributed by atoms with van der Waals surface area (Å²) in [4.78, 5) is 34.4. The number of para-hydroxylation sites is 1. The van der Waals surface area contributed by atoms with E-state index in [0.717, 1.165) is 58.8 Å². The molecule has 2 N–H and O–H groups in total. The number of aromatic nitrogens is 3. The minimum atomic E-state index is -0.732. The van der Waals surface area contributed by atoms with Crippen molar-refractivity contribution in [2.75, 3.05) is 11.9 Å². The number of nitrogens with zero attached hydrogens (tertiary/aromatic N) is 3. The van der Waals surface area contributed by atoms with Gasteiger partial charge in [-0.2, -0.15) is 0 Å². The van der Waals surface area contributed by atoms with Gasteiger partial charge in [0, 0.05) is 31.0 Å². The van der Waals surface area contributed by atoms with Crippen LogP contribution in [0.4, 0.5) is 10.6 Å². The van der Waals surface area contributed by atoms with Crippen LogP contribution in [-0.2, 0) is 22.5 Å². The highest BCUT2D eigenvalue weighted by Gasteiger charge is 2.20. The Morgan fingerprint density at radius 2 is 1.70 bits per heavy atom. The zero-order valence-electron chi connectivity index (χ0n) is 26.2. The summed E-state index contributed by atoms with van der Waals surface area (Å²) in [6, 6.07) is 19.8. The fourth-order valence-electron chi connectivity index (χ4n) is 5.56. The zero-order valence-corrected chi connectivity index (χ0v) is 26.2. The Kier molecular flexibility index (Phi) is 9.82. The van der Waals surface area contributed by atoms with E-state index in [4.69, 9.17) is 19.4 Å². The van der Waals surface area contributed by atoms with Crippen molar-refractivity contribution in [1.29, 1.82) is 0 Å². The van der Waals surface area contributed by atoms with Crippen molar-refractivity contribution in [3.05, 3.63) is 72.1 Å². The van der Waals surface area contributed by atoms with Crippen LogP contribution < -0.4 is 15.4 Å². The number of ether oxygens (including phenoxy) is 2. The molecule has 0 spiro atoms. The van der Waals surface area contributed by atoms with Crippen molar-refractivity contribution in [1.82, 2.24) is 19.9 Å². The quantitative estimate of drug-likeness (QED) is 0.146. The van der Waals surface area contributed by atoms with Crippen LogP contribution in [0.1, 0.15) is 77.6 Å². The van der Waals surface area contributed by atoms with E-state index in [-0.39, 0.29) is 5.91 Å². The number of rotatable bonds is 10. The summed E-state index contributed by atoms with van der Waals surface area (Å²) in [6.45, 7) is 8.63. The zero-order chi connectivity index (χ0) is 31.1. The Bertz CT molecular complexity index is 1580. The third-order valence-corrected chi connectivity index (χ3v) is 7.69. The van der Waals surface area contributed by atoms with Gasteiger partial charge in [-0.25, -0.2) is 14.8 Å². The van der Waals surface area contributed by atoms with Gasteiger partial charge < -0.3 is 24.7 Å². The number of carbonyl (C=O) groups excluding carboxylic acids is 2. The molecule has 2 aromatic heterocycles. The molecule has 0 unspecified atom stereocenters. The highest BCUT2D eigenvalue weighted by molar-refractivity contribution is 5.77. The molecule has 1 saturated carbocycles. The molecule has 232 valence electrons. The monoisotopic (exact) mass is 597 g/mol. The van der Waals surface area contributed by atoms with E-state index in [1.54, 1.807) is 26.8 Å². The molecule has 1 aliphatic carbocycles. The summed E-state index contributed by atoms with van der Waals surface area (Å²) in [6.07, 6.45) is 6.28. The van der Waals surface area contributed by atoms with Gasteiger partial charge in [-0.05, 0) is 62.9 Å². The molecule has 9 heteroatoms.